The molecule has 7 heteroatoms. The molecule has 154 valence electrons. The van der Waals surface area contributed by atoms with Gasteiger partial charge in [-0.15, -0.1) is 0 Å². The second-order valence-electron chi connectivity index (χ2n) is 8.41. The zero-order chi connectivity index (χ0) is 21.5. The summed E-state index contributed by atoms with van der Waals surface area (Å²) in [5, 5.41) is 13.6. The minimum absolute atomic E-state index is 0.0261. The van der Waals surface area contributed by atoms with Crippen molar-refractivity contribution in [2.24, 2.45) is 11.1 Å². The molecule has 0 spiro atoms. The number of hydrogen-bond acceptors (Lipinski definition) is 7. The minimum atomic E-state index is -0.597. The molecule has 1 aliphatic heterocycles. The van der Waals surface area contributed by atoms with Gasteiger partial charge in [0.1, 0.15) is 17.3 Å². The molecule has 0 fully saturated rings. The van der Waals surface area contributed by atoms with Crippen molar-refractivity contribution in [3.05, 3.63) is 46.4 Å². The number of ketones is 1. The van der Waals surface area contributed by atoms with E-state index >= 15 is 0 Å². The lowest BCUT2D eigenvalue weighted by Gasteiger charge is -2.45. The van der Waals surface area contributed by atoms with E-state index in [0.717, 1.165) is 5.70 Å². The molecule has 1 atom stereocenters. The molecule has 0 saturated heterocycles. The summed E-state index contributed by atoms with van der Waals surface area (Å²) in [6.07, 6.45) is 1.09. The van der Waals surface area contributed by atoms with Crippen LogP contribution in [0, 0.1) is 16.7 Å². The number of Topliss-reactive ketones (excluding diaryl/α,β-unsaturated/α-hetero) is 1. The van der Waals surface area contributed by atoms with Crippen LogP contribution in [0.15, 0.2) is 40.9 Å². The van der Waals surface area contributed by atoms with E-state index in [1.54, 1.807) is 31.4 Å². The molecule has 3 rings (SSSR count). The van der Waals surface area contributed by atoms with Crippen LogP contribution in [0.1, 0.15) is 38.2 Å². The molecule has 7 nitrogen and oxygen atoms in total. The summed E-state index contributed by atoms with van der Waals surface area (Å²) in [6, 6.07) is 7.65. The molecule has 0 unspecified atom stereocenters. The molecule has 1 aromatic rings. The molecule has 2 N–H and O–H groups in total. The number of hydrogen-bond donors (Lipinski definition) is 1. The van der Waals surface area contributed by atoms with Crippen LogP contribution in [-0.2, 0) is 4.79 Å². The average molecular weight is 396 g/mol. The highest BCUT2D eigenvalue weighted by atomic mass is 16.5. The average Bonchev–Trinajstić information content (AvgIpc) is 2.65. The Morgan fingerprint density at radius 2 is 1.93 bits per heavy atom. The Morgan fingerprint density at radius 1 is 1.24 bits per heavy atom. The number of allylic oxidation sites excluding steroid dienone is 3. The highest BCUT2D eigenvalue weighted by molar-refractivity contribution is 6.00. The van der Waals surface area contributed by atoms with Gasteiger partial charge in [-0.05, 0) is 30.0 Å². The topological polar surface area (TPSA) is 91.8 Å². The Morgan fingerprint density at radius 3 is 2.48 bits per heavy atom. The Kier molecular flexibility index (Phi) is 5.33. The van der Waals surface area contributed by atoms with Crippen LogP contribution < -0.4 is 15.2 Å². The maximum Gasteiger partial charge on any atom is 0.162 e. The van der Waals surface area contributed by atoms with E-state index in [1.807, 2.05) is 25.2 Å². The number of nitriles is 1. The lowest BCUT2D eigenvalue weighted by molar-refractivity contribution is -0.119. The molecule has 0 saturated carbocycles. The summed E-state index contributed by atoms with van der Waals surface area (Å²) in [7, 11) is 6.85. The van der Waals surface area contributed by atoms with E-state index in [4.69, 9.17) is 15.2 Å². The van der Waals surface area contributed by atoms with Crippen molar-refractivity contribution in [2.45, 2.75) is 32.6 Å². The van der Waals surface area contributed by atoms with E-state index in [1.165, 1.54) is 0 Å². The van der Waals surface area contributed by atoms with Crippen LogP contribution >= 0.6 is 0 Å². The first-order valence-corrected chi connectivity index (χ1v) is 9.50. The van der Waals surface area contributed by atoms with Crippen molar-refractivity contribution in [2.75, 3.05) is 28.3 Å². The van der Waals surface area contributed by atoms with E-state index < -0.39 is 5.92 Å². The van der Waals surface area contributed by atoms with Gasteiger partial charge in [0.15, 0.2) is 5.78 Å². The smallest absolute Gasteiger partial charge is 0.162 e. The molecule has 0 bridgehead atoms. The highest BCUT2D eigenvalue weighted by Gasteiger charge is 2.45. The fourth-order valence-corrected chi connectivity index (χ4v) is 4.32. The molecular formula is C22H28N4O3. The minimum Gasteiger partial charge on any atom is -0.497 e. The number of nitrogens with zero attached hydrogens (tertiary/aromatic N) is 3. The summed E-state index contributed by atoms with van der Waals surface area (Å²) in [6.45, 7) is 4.15. The molecule has 2 aliphatic rings. The van der Waals surface area contributed by atoms with Crippen LogP contribution in [0.25, 0.3) is 0 Å². The van der Waals surface area contributed by atoms with Gasteiger partial charge in [0, 0.05) is 37.3 Å². The monoisotopic (exact) mass is 396 g/mol. The molecule has 1 heterocycles. The van der Waals surface area contributed by atoms with Crippen molar-refractivity contribution < 1.29 is 14.3 Å². The van der Waals surface area contributed by atoms with Crippen molar-refractivity contribution in [1.29, 1.82) is 5.26 Å². The summed E-state index contributed by atoms with van der Waals surface area (Å²) in [5.41, 5.74) is 8.77. The summed E-state index contributed by atoms with van der Waals surface area (Å²) < 4.78 is 11.0. The first-order chi connectivity index (χ1) is 13.6. The maximum atomic E-state index is 13.4. The van der Waals surface area contributed by atoms with Crippen LogP contribution in [0.4, 0.5) is 0 Å². The standard InChI is InChI=1S/C22H28N4O3/c1-22(2)10-16-20(17(27)11-22)19(15(12-23)21(24)26(16)25(3)4)14-9-13(28-5)7-8-18(14)29-6/h7-9,19H,10-11,24H2,1-6H3/t19-/m1/s1. The van der Waals surface area contributed by atoms with Crippen molar-refractivity contribution in [3.63, 3.8) is 0 Å². The number of methoxy groups -OCH3 is 2. The zero-order valence-corrected chi connectivity index (χ0v) is 17.9. The maximum absolute atomic E-state index is 13.4. The Hall–Kier alpha value is -2.98. The van der Waals surface area contributed by atoms with Crippen molar-refractivity contribution >= 4 is 5.78 Å². The predicted octanol–water partition coefficient (Wildman–Crippen LogP) is 2.92. The Labute approximate surface area is 171 Å². The number of ether oxygens (including phenoxy) is 2. The summed E-state index contributed by atoms with van der Waals surface area (Å²) >= 11 is 0. The van der Waals surface area contributed by atoms with Gasteiger partial charge in [0.25, 0.3) is 0 Å². The zero-order valence-electron chi connectivity index (χ0n) is 17.9. The van der Waals surface area contributed by atoms with Gasteiger partial charge in [-0.2, -0.15) is 5.26 Å². The summed E-state index contributed by atoms with van der Waals surface area (Å²) in [4.78, 5) is 13.4. The van der Waals surface area contributed by atoms with Crippen molar-refractivity contribution in [1.82, 2.24) is 10.0 Å². The first-order valence-electron chi connectivity index (χ1n) is 9.50. The number of carbonyl (C=O) groups excluding carboxylic acids is 1. The molecule has 1 aliphatic carbocycles. The molecular weight excluding hydrogens is 368 g/mol. The van der Waals surface area contributed by atoms with E-state index in [9.17, 15) is 10.1 Å². The van der Waals surface area contributed by atoms with Gasteiger partial charge < -0.3 is 15.2 Å². The number of carbonyl (C=O) groups is 1. The van der Waals surface area contributed by atoms with Gasteiger partial charge in [-0.3, -0.25) is 9.80 Å². The summed E-state index contributed by atoms with van der Waals surface area (Å²) in [5.74, 6) is 0.964. The van der Waals surface area contributed by atoms with Gasteiger partial charge >= 0.3 is 0 Å². The Bertz CT molecular complexity index is 953. The number of benzene rings is 1. The Balaban J connectivity index is 2.35. The molecule has 0 aromatic heterocycles. The molecule has 0 radical (unpaired) electrons. The normalized spacial score (nSPS) is 21.2. The number of rotatable bonds is 4. The largest absolute Gasteiger partial charge is 0.497 e. The van der Waals surface area contributed by atoms with Crippen molar-refractivity contribution in [3.8, 4) is 17.6 Å². The lowest BCUT2D eigenvalue weighted by atomic mass is 9.69. The highest BCUT2D eigenvalue weighted by Crippen LogP contribution is 2.51. The van der Waals surface area contributed by atoms with E-state index in [0.29, 0.717) is 46.9 Å². The SMILES string of the molecule is COc1ccc(OC)c([C@@H]2C(C#N)=C(N)N(N(C)C)C3=C2C(=O)CC(C)(C)C3)c1. The fraction of sp³-hybridized carbons (Fsp3) is 0.455. The number of nitrogens with two attached hydrogens (primary N) is 1. The molecule has 29 heavy (non-hydrogen) atoms. The first kappa shape index (κ1) is 20.7. The quantitative estimate of drug-likeness (QED) is 0.836. The van der Waals surface area contributed by atoms with Crippen LogP contribution in [-0.4, -0.2) is 44.1 Å². The fourth-order valence-electron chi connectivity index (χ4n) is 4.32. The van der Waals surface area contributed by atoms with Gasteiger partial charge in [-0.1, -0.05) is 13.8 Å². The lowest BCUT2D eigenvalue weighted by Crippen LogP contribution is -2.47. The van der Waals surface area contributed by atoms with Gasteiger partial charge in [0.2, 0.25) is 0 Å². The third-order valence-electron chi connectivity index (χ3n) is 5.50. The second-order valence-corrected chi connectivity index (χ2v) is 8.41. The predicted molar refractivity (Wildman–Crippen MR) is 110 cm³/mol. The molecule has 1 aromatic carbocycles. The van der Waals surface area contributed by atoms with Crippen LogP contribution in [0.5, 0.6) is 11.5 Å². The third-order valence-corrected chi connectivity index (χ3v) is 5.50. The molecule has 0 amide bonds. The van der Waals surface area contributed by atoms with Gasteiger partial charge in [-0.25, -0.2) is 5.01 Å². The van der Waals surface area contributed by atoms with Crippen LogP contribution in [0.2, 0.25) is 0 Å². The number of hydrazine groups is 1. The van der Waals surface area contributed by atoms with E-state index in [-0.39, 0.29) is 11.2 Å². The van der Waals surface area contributed by atoms with E-state index in [2.05, 4.69) is 19.9 Å². The van der Waals surface area contributed by atoms with Gasteiger partial charge in [0.05, 0.1) is 31.8 Å². The second kappa shape index (κ2) is 7.45. The van der Waals surface area contributed by atoms with Crippen LogP contribution in [0.3, 0.4) is 0 Å². The third kappa shape index (κ3) is 3.45.